The average Bonchev–Trinajstić information content (AvgIpc) is 2.86. The maximum absolute atomic E-state index is 13.2. The van der Waals surface area contributed by atoms with Gasteiger partial charge in [-0.15, -0.1) is 0 Å². The zero-order valence-corrected chi connectivity index (χ0v) is 20.7. The normalized spacial score (nSPS) is 11.7. The van der Waals surface area contributed by atoms with Gasteiger partial charge >= 0.3 is 0 Å². The lowest BCUT2D eigenvalue weighted by Gasteiger charge is -2.10. The number of nitrogens with zero attached hydrogens (tertiary/aromatic N) is 3. The van der Waals surface area contributed by atoms with E-state index in [1.54, 1.807) is 30.5 Å². The number of aromatic amines is 1. The lowest BCUT2D eigenvalue weighted by Crippen LogP contribution is -2.24. The van der Waals surface area contributed by atoms with Gasteiger partial charge in [-0.1, -0.05) is 12.1 Å². The molecule has 0 bridgehead atoms. The van der Waals surface area contributed by atoms with Gasteiger partial charge in [0.25, 0.3) is 11.5 Å². The van der Waals surface area contributed by atoms with Crippen LogP contribution < -0.4 is 20.3 Å². The second-order valence-corrected chi connectivity index (χ2v) is 9.13. The molecule has 2 aromatic heterocycles. The molecule has 4 aromatic rings. The van der Waals surface area contributed by atoms with Crippen molar-refractivity contribution < 1.29 is 18.5 Å². The fourth-order valence-corrected chi connectivity index (χ4v) is 4.12. The van der Waals surface area contributed by atoms with E-state index in [0.717, 1.165) is 10.1 Å². The molecule has 0 aliphatic heterocycles. The van der Waals surface area contributed by atoms with Crippen molar-refractivity contribution in [3.8, 4) is 17.7 Å². The minimum absolute atomic E-state index is 0.00547. The second kappa shape index (κ2) is 10.2. The Morgan fingerprint density at radius 3 is 2.34 bits per heavy atom. The number of rotatable bonds is 7. The molecule has 0 fully saturated rings. The van der Waals surface area contributed by atoms with Crippen LogP contribution in [-0.2, 0) is 17.3 Å². The van der Waals surface area contributed by atoms with Gasteiger partial charge in [0.15, 0.2) is 4.77 Å². The number of carbonyl (C=O) groups excluding carboxylic acids is 1. The van der Waals surface area contributed by atoms with Gasteiger partial charge in [-0.3, -0.25) is 13.8 Å². The summed E-state index contributed by atoms with van der Waals surface area (Å²) >= 11 is 5.38. The van der Waals surface area contributed by atoms with Crippen molar-refractivity contribution in [1.82, 2.24) is 24.8 Å². The molecule has 180 valence electrons. The first-order valence-electron chi connectivity index (χ1n) is 10.3. The number of H-pyrrole nitrogens is 1. The third-order valence-electron chi connectivity index (χ3n) is 5.15. The first kappa shape index (κ1) is 24.2. The van der Waals surface area contributed by atoms with Crippen molar-refractivity contribution in [2.75, 3.05) is 20.5 Å². The number of nitrogens with one attached hydrogen (secondary N) is 2. The maximum Gasteiger partial charge on any atom is 0.269 e. The number of aromatic nitrogens is 4. The number of carbonyl (C=O) groups is 1. The van der Waals surface area contributed by atoms with E-state index in [-0.39, 0.29) is 28.4 Å². The molecule has 10 nitrogen and oxygen atoms in total. The highest BCUT2D eigenvalue weighted by atomic mass is 32.2. The summed E-state index contributed by atoms with van der Waals surface area (Å²) in [6.07, 6.45) is 1.61. The predicted octanol–water partition coefficient (Wildman–Crippen LogP) is 2.52. The Kier molecular flexibility index (Phi) is 7.03. The highest BCUT2D eigenvalue weighted by molar-refractivity contribution is 7.84. The lowest BCUT2D eigenvalue weighted by atomic mass is 10.1. The van der Waals surface area contributed by atoms with Crippen molar-refractivity contribution in [2.24, 2.45) is 0 Å². The summed E-state index contributed by atoms with van der Waals surface area (Å²) in [7, 11) is 1.81. The summed E-state index contributed by atoms with van der Waals surface area (Å²) < 4.78 is 23.0. The predicted molar refractivity (Wildman–Crippen MR) is 133 cm³/mol. The molecule has 4 rings (SSSR count). The van der Waals surface area contributed by atoms with Crippen molar-refractivity contribution in [3.05, 3.63) is 74.8 Å². The Hall–Kier alpha value is -3.90. The number of benzene rings is 2. The molecule has 1 atom stereocenters. The Balaban J connectivity index is 1.63. The van der Waals surface area contributed by atoms with Crippen molar-refractivity contribution in [1.29, 1.82) is 0 Å². The smallest absolute Gasteiger partial charge is 0.269 e. The molecule has 1 unspecified atom stereocenters. The quantitative estimate of drug-likeness (QED) is 0.362. The minimum Gasteiger partial charge on any atom is -0.481 e. The van der Waals surface area contributed by atoms with Crippen LogP contribution in [0.2, 0.25) is 0 Å². The van der Waals surface area contributed by atoms with Crippen LogP contribution in [0.3, 0.4) is 0 Å². The first-order valence-corrected chi connectivity index (χ1v) is 12.2. The van der Waals surface area contributed by atoms with Crippen LogP contribution in [0.4, 0.5) is 0 Å². The van der Waals surface area contributed by atoms with Gasteiger partial charge in [0.1, 0.15) is 0 Å². The molecule has 2 heterocycles. The number of methoxy groups -OCH3 is 2. The summed E-state index contributed by atoms with van der Waals surface area (Å²) in [4.78, 5) is 38.0. The van der Waals surface area contributed by atoms with Crippen LogP contribution in [0.5, 0.6) is 11.8 Å². The van der Waals surface area contributed by atoms with Crippen molar-refractivity contribution in [2.45, 2.75) is 11.4 Å². The monoisotopic (exact) mass is 511 g/mol. The molecule has 1 amide bonds. The molecule has 12 heteroatoms. The van der Waals surface area contributed by atoms with Crippen LogP contribution >= 0.6 is 12.2 Å². The van der Waals surface area contributed by atoms with Gasteiger partial charge in [-0.2, -0.15) is 9.97 Å². The third kappa shape index (κ3) is 5.12. The van der Waals surface area contributed by atoms with Crippen LogP contribution in [0, 0.1) is 4.77 Å². The first-order chi connectivity index (χ1) is 16.8. The zero-order valence-electron chi connectivity index (χ0n) is 19.0. The number of hydrogen-bond donors (Lipinski definition) is 2. The molecular weight excluding hydrogens is 490 g/mol. The Morgan fingerprint density at radius 1 is 1.09 bits per heavy atom. The summed E-state index contributed by atoms with van der Waals surface area (Å²) in [5.74, 6) is 0.0872. The highest BCUT2D eigenvalue weighted by Gasteiger charge is 2.15. The van der Waals surface area contributed by atoms with Crippen LogP contribution in [0.1, 0.15) is 15.9 Å². The Morgan fingerprint density at radius 2 is 1.74 bits per heavy atom. The molecule has 0 aliphatic rings. The fourth-order valence-electron chi connectivity index (χ4n) is 3.33. The van der Waals surface area contributed by atoms with Crippen LogP contribution in [0.25, 0.3) is 16.9 Å². The molecule has 2 N–H and O–H groups in total. The lowest BCUT2D eigenvalue weighted by molar-refractivity contribution is 0.0951. The molecule has 2 aromatic carbocycles. The summed E-state index contributed by atoms with van der Waals surface area (Å²) in [5, 5.41) is 3.13. The van der Waals surface area contributed by atoms with Crippen molar-refractivity contribution >= 4 is 39.8 Å². The van der Waals surface area contributed by atoms with Gasteiger partial charge in [0, 0.05) is 34.1 Å². The topological polar surface area (TPSA) is 128 Å². The van der Waals surface area contributed by atoms with Gasteiger partial charge in [-0.25, -0.2) is 4.57 Å². The molecule has 0 saturated heterocycles. The van der Waals surface area contributed by atoms with Gasteiger partial charge in [-0.05, 0) is 48.1 Å². The molecule has 0 spiro atoms. The molecule has 0 saturated carbocycles. The van der Waals surface area contributed by atoms with Gasteiger partial charge in [0.2, 0.25) is 17.7 Å². The second-order valence-electron chi connectivity index (χ2n) is 7.36. The Bertz CT molecular complexity index is 1540. The number of ether oxygens (including phenoxy) is 2. The summed E-state index contributed by atoms with van der Waals surface area (Å²) in [6, 6.07) is 13.3. The van der Waals surface area contributed by atoms with E-state index in [1.807, 2.05) is 12.1 Å². The van der Waals surface area contributed by atoms with E-state index < -0.39 is 16.4 Å². The molecule has 35 heavy (non-hydrogen) atoms. The van der Waals surface area contributed by atoms with Crippen molar-refractivity contribution in [3.63, 3.8) is 0 Å². The molecule has 0 aliphatic carbocycles. The van der Waals surface area contributed by atoms with Crippen LogP contribution in [-0.4, -0.2) is 50.1 Å². The average molecular weight is 512 g/mol. The third-order valence-corrected chi connectivity index (χ3v) is 6.37. The van der Waals surface area contributed by atoms with Gasteiger partial charge in [0.05, 0.1) is 31.2 Å². The molecule has 0 radical (unpaired) electrons. The summed E-state index contributed by atoms with van der Waals surface area (Å²) in [5.41, 5.74) is 1.16. The van der Waals surface area contributed by atoms with E-state index in [0.29, 0.717) is 27.9 Å². The zero-order chi connectivity index (χ0) is 25.1. The highest BCUT2D eigenvalue weighted by Crippen LogP contribution is 2.18. The largest absolute Gasteiger partial charge is 0.481 e. The standard InChI is InChI=1S/C23H21N5O5S2/c1-32-18-11-19(33-2)27-22(26-18)28-21(30)16-9-6-14(10-17(16)25-23(28)34)20(29)24-12-13-4-7-15(8-5-13)35(3)31/h4-11H,12H2,1-3H3,(H,24,29)(H,25,34). The van der Waals surface area contributed by atoms with E-state index in [1.165, 1.54) is 26.4 Å². The van der Waals surface area contributed by atoms with Crippen LogP contribution in [0.15, 0.2) is 58.2 Å². The van der Waals surface area contributed by atoms with E-state index in [9.17, 15) is 13.8 Å². The Labute approximate surface area is 207 Å². The van der Waals surface area contributed by atoms with E-state index >= 15 is 0 Å². The minimum atomic E-state index is -1.06. The van der Waals surface area contributed by atoms with Gasteiger partial charge < -0.3 is 19.8 Å². The number of amides is 1. The fraction of sp³-hybridized carbons (Fsp3) is 0.174. The SMILES string of the molecule is COc1cc(OC)nc(-n2c(=S)[nH]c3cc(C(=O)NCc4ccc(S(C)=O)cc4)ccc3c2=O)n1. The number of hydrogen-bond acceptors (Lipinski definition) is 8. The van der Waals surface area contributed by atoms with E-state index in [2.05, 4.69) is 20.3 Å². The van der Waals surface area contributed by atoms with E-state index in [4.69, 9.17) is 21.7 Å². The maximum atomic E-state index is 13.2. The molecular formula is C23H21N5O5S2. The summed E-state index contributed by atoms with van der Waals surface area (Å²) in [6.45, 7) is 0.292. The number of fused-ring (bicyclic) bond motifs is 1.